The standard InChI is InChI=1S/C21H25N3O/c25-21(24-22-16-17-10-4-1-5-11-17)20(18-12-6-2-7-13-18)23-19-14-8-3-9-15-19/h1-2,4-7,10-13,16,19-20,23H,3,8-9,14-15H2,(H,24,25)/b22-16+. The smallest absolute Gasteiger partial charge is 0.261 e. The van der Waals surface area contributed by atoms with Gasteiger partial charge < -0.3 is 0 Å². The number of amides is 1. The normalized spacial score (nSPS) is 16.6. The number of nitrogens with one attached hydrogen (secondary N) is 2. The summed E-state index contributed by atoms with van der Waals surface area (Å²) in [6.07, 6.45) is 7.68. The molecule has 130 valence electrons. The second kappa shape index (κ2) is 9.14. The lowest BCUT2D eigenvalue weighted by atomic mass is 9.94. The van der Waals surface area contributed by atoms with E-state index in [9.17, 15) is 4.79 Å². The van der Waals surface area contributed by atoms with Gasteiger partial charge in [0.1, 0.15) is 6.04 Å². The molecule has 0 spiro atoms. The van der Waals surface area contributed by atoms with Crippen LogP contribution >= 0.6 is 0 Å². The first-order valence-electron chi connectivity index (χ1n) is 9.02. The van der Waals surface area contributed by atoms with Crippen LogP contribution in [0.4, 0.5) is 0 Å². The lowest BCUT2D eigenvalue weighted by Gasteiger charge is -2.27. The molecular formula is C21H25N3O. The van der Waals surface area contributed by atoms with Crippen LogP contribution in [0.25, 0.3) is 0 Å². The predicted molar refractivity (Wildman–Crippen MR) is 101 cm³/mol. The van der Waals surface area contributed by atoms with E-state index >= 15 is 0 Å². The average molecular weight is 335 g/mol. The zero-order chi connectivity index (χ0) is 17.3. The Kier molecular flexibility index (Phi) is 6.35. The highest BCUT2D eigenvalue weighted by Crippen LogP contribution is 2.22. The maximum Gasteiger partial charge on any atom is 0.261 e. The Bertz CT molecular complexity index is 679. The van der Waals surface area contributed by atoms with E-state index in [1.54, 1.807) is 6.21 Å². The van der Waals surface area contributed by atoms with E-state index in [4.69, 9.17) is 0 Å². The largest absolute Gasteiger partial charge is 0.299 e. The van der Waals surface area contributed by atoms with Crippen LogP contribution in [0, 0.1) is 0 Å². The van der Waals surface area contributed by atoms with E-state index in [1.165, 1.54) is 19.3 Å². The zero-order valence-corrected chi connectivity index (χ0v) is 14.4. The van der Waals surface area contributed by atoms with Gasteiger partial charge in [-0.15, -0.1) is 0 Å². The third-order valence-corrected chi connectivity index (χ3v) is 4.59. The molecular weight excluding hydrogens is 310 g/mol. The first kappa shape index (κ1) is 17.4. The molecule has 1 aliphatic rings. The Labute approximate surface area is 149 Å². The number of carbonyl (C=O) groups is 1. The molecule has 0 heterocycles. The third-order valence-electron chi connectivity index (χ3n) is 4.59. The summed E-state index contributed by atoms with van der Waals surface area (Å²) in [5.41, 5.74) is 4.62. The van der Waals surface area contributed by atoms with Gasteiger partial charge >= 0.3 is 0 Å². The minimum Gasteiger partial charge on any atom is -0.299 e. The Morgan fingerprint density at radius 1 is 0.960 bits per heavy atom. The highest BCUT2D eigenvalue weighted by Gasteiger charge is 2.24. The van der Waals surface area contributed by atoms with Gasteiger partial charge in [-0.2, -0.15) is 5.10 Å². The van der Waals surface area contributed by atoms with Crippen molar-refractivity contribution in [3.8, 4) is 0 Å². The number of benzene rings is 2. The van der Waals surface area contributed by atoms with Gasteiger partial charge in [0.25, 0.3) is 5.91 Å². The molecule has 0 aromatic heterocycles. The summed E-state index contributed by atoms with van der Waals surface area (Å²) in [7, 11) is 0. The summed E-state index contributed by atoms with van der Waals surface area (Å²) in [6.45, 7) is 0. The molecule has 0 radical (unpaired) electrons. The van der Waals surface area contributed by atoms with Crippen molar-refractivity contribution in [3.05, 3.63) is 71.8 Å². The number of hydrazone groups is 1. The quantitative estimate of drug-likeness (QED) is 0.623. The molecule has 1 unspecified atom stereocenters. The van der Waals surface area contributed by atoms with Gasteiger partial charge in [0.05, 0.1) is 6.21 Å². The molecule has 1 saturated carbocycles. The van der Waals surface area contributed by atoms with E-state index in [1.807, 2.05) is 60.7 Å². The van der Waals surface area contributed by atoms with Crippen molar-refractivity contribution in [2.24, 2.45) is 5.10 Å². The summed E-state index contributed by atoms with van der Waals surface area (Å²) < 4.78 is 0. The number of carbonyl (C=O) groups excluding carboxylic acids is 1. The van der Waals surface area contributed by atoms with Crippen molar-refractivity contribution in [1.82, 2.24) is 10.7 Å². The molecule has 2 N–H and O–H groups in total. The molecule has 25 heavy (non-hydrogen) atoms. The molecule has 4 nitrogen and oxygen atoms in total. The third kappa shape index (κ3) is 5.26. The van der Waals surface area contributed by atoms with Crippen LogP contribution in [0.2, 0.25) is 0 Å². The monoisotopic (exact) mass is 335 g/mol. The molecule has 0 aliphatic heterocycles. The van der Waals surface area contributed by atoms with E-state index in [0.29, 0.717) is 6.04 Å². The maximum atomic E-state index is 12.7. The van der Waals surface area contributed by atoms with Gasteiger partial charge in [-0.3, -0.25) is 10.1 Å². The molecule has 1 amide bonds. The van der Waals surface area contributed by atoms with Gasteiger partial charge in [-0.25, -0.2) is 5.43 Å². The summed E-state index contributed by atoms with van der Waals surface area (Å²) in [6, 6.07) is 19.6. The lowest BCUT2D eigenvalue weighted by molar-refractivity contribution is -0.123. The Morgan fingerprint density at radius 3 is 2.28 bits per heavy atom. The van der Waals surface area contributed by atoms with Gasteiger partial charge in [0.2, 0.25) is 0 Å². The van der Waals surface area contributed by atoms with Crippen LogP contribution in [0.3, 0.4) is 0 Å². The molecule has 1 atom stereocenters. The van der Waals surface area contributed by atoms with Crippen molar-refractivity contribution in [2.45, 2.75) is 44.2 Å². The van der Waals surface area contributed by atoms with Crippen molar-refractivity contribution in [2.75, 3.05) is 0 Å². The van der Waals surface area contributed by atoms with Crippen LogP contribution < -0.4 is 10.7 Å². The summed E-state index contributed by atoms with van der Waals surface area (Å²) in [5, 5.41) is 7.65. The molecule has 1 fully saturated rings. The highest BCUT2D eigenvalue weighted by molar-refractivity contribution is 5.85. The molecule has 0 saturated heterocycles. The molecule has 1 aliphatic carbocycles. The molecule has 4 heteroatoms. The molecule has 0 bridgehead atoms. The topological polar surface area (TPSA) is 53.5 Å². The van der Waals surface area contributed by atoms with Crippen molar-refractivity contribution < 1.29 is 4.79 Å². The minimum atomic E-state index is -0.378. The van der Waals surface area contributed by atoms with Crippen molar-refractivity contribution in [1.29, 1.82) is 0 Å². The number of hydrogen-bond acceptors (Lipinski definition) is 3. The van der Waals surface area contributed by atoms with E-state index < -0.39 is 0 Å². The van der Waals surface area contributed by atoms with E-state index in [0.717, 1.165) is 24.0 Å². The molecule has 2 aromatic carbocycles. The predicted octanol–water partition coefficient (Wildman–Crippen LogP) is 3.80. The summed E-state index contributed by atoms with van der Waals surface area (Å²) >= 11 is 0. The fraction of sp³-hybridized carbons (Fsp3) is 0.333. The van der Waals surface area contributed by atoms with Gasteiger partial charge in [-0.05, 0) is 24.0 Å². The first-order valence-corrected chi connectivity index (χ1v) is 9.02. The Hall–Kier alpha value is -2.46. The van der Waals surface area contributed by atoms with Gasteiger partial charge in [-0.1, -0.05) is 79.9 Å². The maximum absolute atomic E-state index is 12.7. The van der Waals surface area contributed by atoms with E-state index in [2.05, 4.69) is 15.8 Å². The first-order chi connectivity index (χ1) is 12.3. The van der Waals surface area contributed by atoms with Crippen molar-refractivity contribution >= 4 is 12.1 Å². The Balaban J connectivity index is 1.67. The fourth-order valence-electron chi connectivity index (χ4n) is 3.25. The zero-order valence-electron chi connectivity index (χ0n) is 14.4. The van der Waals surface area contributed by atoms with Crippen LogP contribution in [0.5, 0.6) is 0 Å². The Morgan fingerprint density at radius 2 is 1.60 bits per heavy atom. The number of rotatable bonds is 6. The summed E-state index contributed by atoms with van der Waals surface area (Å²) in [5.74, 6) is -0.121. The van der Waals surface area contributed by atoms with Crippen LogP contribution in [-0.4, -0.2) is 18.2 Å². The number of nitrogens with zero attached hydrogens (tertiary/aromatic N) is 1. The van der Waals surface area contributed by atoms with Crippen LogP contribution in [0.1, 0.15) is 49.3 Å². The minimum absolute atomic E-state index is 0.121. The van der Waals surface area contributed by atoms with Gasteiger partial charge in [0.15, 0.2) is 0 Å². The van der Waals surface area contributed by atoms with Crippen LogP contribution in [-0.2, 0) is 4.79 Å². The average Bonchev–Trinajstić information content (AvgIpc) is 2.68. The molecule has 3 rings (SSSR count). The summed E-state index contributed by atoms with van der Waals surface area (Å²) in [4.78, 5) is 12.7. The second-order valence-electron chi connectivity index (χ2n) is 6.49. The lowest BCUT2D eigenvalue weighted by Crippen LogP contribution is -2.41. The fourth-order valence-corrected chi connectivity index (χ4v) is 3.25. The molecule has 2 aromatic rings. The SMILES string of the molecule is O=C(N/N=C/c1ccccc1)C(NC1CCCCC1)c1ccccc1. The number of hydrogen-bond donors (Lipinski definition) is 2. The van der Waals surface area contributed by atoms with E-state index in [-0.39, 0.29) is 11.9 Å². The van der Waals surface area contributed by atoms with Crippen LogP contribution in [0.15, 0.2) is 65.8 Å². The highest BCUT2D eigenvalue weighted by atomic mass is 16.2. The van der Waals surface area contributed by atoms with Crippen molar-refractivity contribution in [3.63, 3.8) is 0 Å². The second-order valence-corrected chi connectivity index (χ2v) is 6.49. The van der Waals surface area contributed by atoms with Gasteiger partial charge in [0, 0.05) is 6.04 Å².